The topological polar surface area (TPSA) is 94.5 Å². The molecular weight excluding hydrogens is 408 g/mol. The van der Waals surface area contributed by atoms with Crippen LogP contribution in [0.15, 0.2) is 48.5 Å². The molecule has 0 aromatic heterocycles. The van der Waals surface area contributed by atoms with Crippen LogP contribution >= 0.6 is 0 Å². The molecule has 8 heteroatoms. The molecule has 3 amide bonds. The second kappa shape index (κ2) is 9.23. The van der Waals surface area contributed by atoms with Gasteiger partial charge in [-0.25, -0.2) is 4.79 Å². The number of nitrogens with one attached hydrogen (secondary N) is 2. The highest BCUT2D eigenvalue weighted by Crippen LogP contribution is 2.22. The summed E-state index contributed by atoms with van der Waals surface area (Å²) in [6.45, 7) is 7.54. The molecule has 1 aliphatic rings. The van der Waals surface area contributed by atoms with Crippen LogP contribution in [0.5, 0.6) is 5.75 Å². The maximum atomic E-state index is 13.1. The van der Waals surface area contributed by atoms with Crippen molar-refractivity contribution >= 4 is 30.9 Å². The molecule has 1 atom stereocenters. The van der Waals surface area contributed by atoms with Gasteiger partial charge in [-0.3, -0.25) is 4.79 Å². The van der Waals surface area contributed by atoms with Crippen molar-refractivity contribution < 1.29 is 14.3 Å². The second-order valence-corrected chi connectivity index (χ2v) is 13.8. The summed E-state index contributed by atoms with van der Waals surface area (Å²) in [5.41, 5.74) is 1.32. The van der Waals surface area contributed by atoms with Gasteiger partial charge in [0.15, 0.2) is 0 Å². The highest BCUT2D eigenvalue weighted by molar-refractivity contribution is 6.88. The minimum Gasteiger partial charge on any atom is -0.497 e. The molecule has 0 saturated carbocycles. The third-order valence-electron chi connectivity index (χ3n) is 5.35. The molecule has 1 saturated heterocycles. The molecule has 0 bridgehead atoms. The monoisotopic (exact) mass is 436 g/mol. The van der Waals surface area contributed by atoms with E-state index in [1.807, 2.05) is 24.3 Å². The molecule has 162 valence electrons. The van der Waals surface area contributed by atoms with Crippen molar-refractivity contribution in [1.29, 1.82) is 5.26 Å². The Bertz CT molecular complexity index is 972. The summed E-state index contributed by atoms with van der Waals surface area (Å²) in [4.78, 5) is 27.3. The van der Waals surface area contributed by atoms with Crippen LogP contribution < -0.4 is 20.6 Å². The largest absolute Gasteiger partial charge is 0.497 e. The SMILES string of the molecule is COc1ccc(C(NC(=O)N2CC(C#N)C2)C(=O)Nc2ccc([Si](C)(C)C)cc2)cc1. The Morgan fingerprint density at radius 3 is 2.23 bits per heavy atom. The Morgan fingerprint density at radius 2 is 1.71 bits per heavy atom. The maximum Gasteiger partial charge on any atom is 0.318 e. The van der Waals surface area contributed by atoms with E-state index in [-0.39, 0.29) is 17.9 Å². The number of methoxy groups -OCH3 is 1. The van der Waals surface area contributed by atoms with Crippen LogP contribution in [0, 0.1) is 17.2 Å². The van der Waals surface area contributed by atoms with Crippen LogP contribution in [0.1, 0.15) is 11.6 Å². The number of ether oxygens (including phenoxy) is 1. The number of rotatable bonds is 6. The lowest BCUT2D eigenvalue weighted by Gasteiger charge is -2.36. The lowest BCUT2D eigenvalue weighted by Crippen LogP contribution is -2.54. The number of hydrogen-bond donors (Lipinski definition) is 2. The smallest absolute Gasteiger partial charge is 0.318 e. The number of urea groups is 1. The van der Waals surface area contributed by atoms with Crippen molar-refractivity contribution in [1.82, 2.24) is 10.2 Å². The molecule has 0 aliphatic carbocycles. The molecule has 1 heterocycles. The van der Waals surface area contributed by atoms with Crippen molar-refractivity contribution in [2.75, 3.05) is 25.5 Å². The molecule has 3 rings (SSSR count). The average molecular weight is 437 g/mol. The van der Waals surface area contributed by atoms with Crippen molar-refractivity contribution in [2.45, 2.75) is 25.7 Å². The van der Waals surface area contributed by atoms with Crippen molar-refractivity contribution in [3.8, 4) is 11.8 Å². The number of carbonyl (C=O) groups excluding carboxylic acids is 2. The van der Waals surface area contributed by atoms with Gasteiger partial charge in [-0.05, 0) is 29.8 Å². The third-order valence-corrected chi connectivity index (χ3v) is 7.41. The van der Waals surface area contributed by atoms with Gasteiger partial charge in [-0.2, -0.15) is 5.26 Å². The number of amides is 3. The quantitative estimate of drug-likeness (QED) is 0.681. The molecule has 2 aromatic carbocycles. The number of anilines is 1. The van der Waals surface area contributed by atoms with Gasteiger partial charge < -0.3 is 20.3 Å². The number of nitrogens with zero attached hydrogens (tertiary/aromatic N) is 2. The van der Waals surface area contributed by atoms with Gasteiger partial charge in [0, 0.05) is 18.8 Å². The predicted molar refractivity (Wildman–Crippen MR) is 123 cm³/mol. The number of nitriles is 1. The summed E-state index contributed by atoms with van der Waals surface area (Å²) >= 11 is 0. The molecule has 2 N–H and O–H groups in total. The maximum absolute atomic E-state index is 13.1. The Morgan fingerprint density at radius 1 is 1.10 bits per heavy atom. The van der Waals surface area contributed by atoms with E-state index in [0.29, 0.717) is 30.1 Å². The number of benzene rings is 2. The standard InChI is InChI=1S/C23H28N4O3Si/c1-30-19-9-5-17(6-10-19)21(26-23(29)27-14-16(13-24)15-27)22(28)25-18-7-11-20(12-8-18)31(2,3)4/h5-12,16,21H,14-15H2,1-4H3,(H,25,28)(H,26,29). The highest BCUT2D eigenvalue weighted by Gasteiger charge is 2.33. The van der Waals surface area contributed by atoms with E-state index in [1.165, 1.54) is 10.1 Å². The Labute approximate surface area is 184 Å². The van der Waals surface area contributed by atoms with Crippen LogP contribution in [0.2, 0.25) is 19.6 Å². The fraction of sp³-hybridized carbons (Fsp3) is 0.348. The Balaban J connectivity index is 1.77. The van der Waals surface area contributed by atoms with Gasteiger partial charge in [0.2, 0.25) is 0 Å². The number of likely N-dealkylation sites (tertiary alicyclic amines) is 1. The molecule has 31 heavy (non-hydrogen) atoms. The summed E-state index contributed by atoms with van der Waals surface area (Å²) in [6.07, 6.45) is 0. The van der Waals surface area contributed by atoms with E-state index in [4.69, 9.17) is 10.00 Å². The summed E-state index contributed by atoms with van der Waals surface area (Å²) < 4.78 is 5.19. The van der Waals surface area contributed by atoms with Crippen LogP contribution in [0.3, 0.4) is 0 Å². The van der Waals surface area contributed by atoms with E-state index in [1.54, 1.807) is 31.4 Å². The van der Waals surface area contributed by atoms with Gasteiger partial charge in [0.25, 0.3) is 5.91 Å². The summed E-state index contributed by atoms with van der Waals surface area (Å²) in [5, 5.41) is 15.9. The Hall–Kier alpha value is -3.31. The molecular formula is C23H28N4O3Si. The third kappa shape index (κ3) is 5.44. The minimum absolute atomic E-state index is 0.149. The highest BCUT2D eigenvalue weighted by atomic mass is 28.3. The molecule has 0 spiro atoms. The van der Waals surface area contributed by atoms with E-state index < -0.39 is 14.1 Å². The van der Waals surface area contributed by atoms with Crippen molar-refractivity contribution in [2.24, 2.45) is 5.92 Å². The van der Waals surface area contributed by atoms with Gasteiger partial charge in [0.05, 0.1) is 27.2 Å². The first-order chi connectivity index (χ1) is 14.7. The average Bonchev–Trinajstić information content (AvgIpc) is 2.71. The predicted octanol–water partition coefficient (Wildman–Crippen LogP) is 3.09. The van der Waals surface area contributed by atoms with E-state index >= 15 is 0 Å². The van der Waals surface area contributed by atoms with Gasteiger partial charge in [-0.15, -0.1) is 0 Å². The molecule has 1 aliphatic heterocycles. The summed E-state index contributed by atoms with van der Waals surface area (Å²) in [7, 11) is 0.139. The zero-order chi connectivity index (χ0) is 22.6. The first-order valence-corrected chi connectivity index (χ1v) is 13.7. The summed E-state index contributed by atoms with van der Waals surface area (Å²) in [5.74, 6) is 0.177. The van der Waals surface area contributed by atoms with Crippen LogP contribution in [0.25, 0.3) is 0 Å². The molecule has 2 aromatic rings. The minimum atomic E-state index is -1.43. The molecule has 0 radical (unpaired) electrons. The van der Waals surface area contributed by atoms with E-state index in [9.17, 15) is 9.59 Å². The zero-order valence-electron chi connectivity index (χ0n) is 18.3. The van der Waals surface area contributed by atoms with Crippen molar-refractivity contribution in [3.05, 3.63) is 54.1 Å². The fourth-order valence-electron chi connectivity index (χ4n) is 3.31. The first kappa shape index (κ1) is 22.4. The molecule has 1 fully saturated rings. The first-order valence-electron chi connectivity index (χ1n) is 10.2. The fourth-order valence-corrected chi connectivity index (χ4v) is 4.47. The summed E-state index contributed by atoms with van der Waals surface area (Å²) in [6, 6.07) is 15.8. The van der Waals surface area contributed by atoms with Crippen LogP contribution in [-0.2, 0) is 4.79 Å². The number of carbonyl (C=O) groups is 2. The normalized spacial score (nSPS) is 14.7. The van der Waals surface area contributed by atoms with E-state index in [2.05, 4.69) is 36.3 Å². The van der Waals surface area contributed by atoms with Crippen LogP contribution in [0.4, 0.5) is 10.5 Å². The van der Waals surface area contributed by atoms with Gasteiger partial charge in [0.1, 0.15) is 11.8 Å². The van der Waals surface area contributed by atoms with Gasteiger partial charge in [-0.1, -0.05) is 49.1 Å². The second-order valence-electron chi connectivity index (χ2n) is 8.70. The Kier molecular flexibility index (Phi) is 6.66. The van der Waals surface area contributed by atoms with E-state index in [0.717, 1.165) is 0 Å². The van der Waals surface area contributed by atoms with Crippen molar-refractivity contribution in [3.63, 3.8) is 0 Å². The lowest BCUT2D eigenvalue weighted by molar-refractivity contribution is -0.118. The molecule has 1 unspecified atom stereocenters. The van der Waals surface area contributed by atoms with Gasteiger partial charge >= 0.3 is 6.03 Å². The zero-order valence-corrected chi connectivity index (χ0v) is 19.3. The van der Waals surface area contributed by atoms with Crippen LogP contribution in [-0.4, -0.2) is 45.1 Å². The molecule has 7 nitrogen and oxygen atoms in total. The lowest BCUT2D eigenvalue weighted by atomic mass is 10.0. The number of hydrogen-bond acceptors (Lipinski definition) is 4.